The molecular weight excluding hydrogens is 275 g/mol. The van der Waals surface area contributed by atoms with Crippen molar-refractivity contribution in [3.8, 4) is 0 Å². The third-order valence-electron chi connectivity index (χ3n) is 3.63. The molecule has 0 aromatic heterocycles. The number of aliphatic carboxylic acids is 1. The van der Waals surface area contributed by atoms with Crippen LogP contribution in [0.3, 0.4) is 0 Å². The Bertz CT molecular complexity index is 570. The molecule has 1 aliphatic rings. The highest BCUT2D eigenvalue weighted by Gasteiger charge is 2.44. The molecule has 7 heteroatoms. The lowest BCUT2D eigenvalue weighted by molar-refractivity contribution is -0.153. The van der Waals surface area contributed by atoms with Crippen molar-refractivity contribution in [2.24, 2.45) is 5.41 Å². The van der Waals surface area contributed by atoms with Crippen LogP contribution < -0.4 is 5.32 Å². The highest BCUT2D eigenvalue weighted by molar-refractivity contribution is 5.94. The van der Waals surface area contributed by atoms with Crippen molar-refractivity contribution in [3.05, 3.63) is 35.1 Å². The lowest BCUT2D eigenvalue weighted by atomic mass is 9.69. The van der Waals surface area contributed by atoms with E-state index >= 15 is 0 Å². The molecule has 0 bridgehead atoms. The van der Waals surface area contributed by atoms with Crippen LogP contribution in [0.25, 0.3) is 0 Å². The van der Waals surface area contributed by atoms with Gasteiger partial charge < -0.3 is 10.4 Å². The maximum absolute atomic E-state index is 13.4. The molecule has 0 heterocycles. The Hall–Kier alpha value is -2.05. The summed E-state index contributed by atoms with van der Waals surface area (Å²) in [4.78, 5) is 22.8. The van der Waals surface area contributed by atoms with Crippen molar-refractivity contribution in [1.29, 1.82) is 0 Å². The fourth-order valence-corrected chi connectivity index (χ4v) is 2.12. The van der Waals surface area contributed by atoms with Gasteiger partial charge in [0.05, 0.1) is 11.0 Å². The number of carboxylic acid groups (broad SMARTS) is 1. The Kier molecular flexibility index (Phi) is 3.69. The third kappa shape index (κ3) is 2.35. The molecule has 2 N–H and O–H groups in total. The average Bonchev–Trinajstić information content (AvgIpc) is 2.34. The highest BCUT2D eigenvalue weighted by atomic mass is 19.2. The molecule has 0 aliphatic heterocycles. The summed E-state index contributed by atoms with van der Waals surface area (Å²) in [5, 5.41) is 11.3. The number of nitrogens with one attached hydrogen (secondary N) is 1. The first-order valence-corrected chi connectivity index (χ1v) is 6.02. The number of halogens is 3. The second kappa shape index (κ2) is 5.15. The van der Waals surface area contributed by atoms with Crippen molar-refractivity contribution in [1.82, 2.24) is 5.32 Å². The molecule has 1 fully saturated rings. The molecule has 2 rings (SSSR count). The minimum atomic E-state index is -1.73. The molecule has 4 nitrogen and oxygen atoms in total. The van der Waals surface area contributed by atoms with E-state index in [2.05, 4.69) is 5.32 Å². The number of benzene rings is 1. The van der Waals surface area contributed by atoms with Gasteiger partial charge in [0.15, 0.2) is 17.5 Å². The van der Waals surface area contributed by atoms with Crippen molar-refractivity contribution < 1.29 is 27.9 Å². The van der Waals surface area contributed by atoms with E-state index in [4.69, 9.17) is 5.11 Å². The minimum Gasteiger partial charge on any atom is -0.481 e. The molecule has 0 saturated heterocycles. The Morgan fingerprint density at radius 1 is 1.20 bits per heavy atom. The average molecular weight is 287 g/mol. The van der Waals surface area contributed by atoms with Crippen molar-refractivity contribution in [2.75, 3.05) is 6.54 Å². The van der Waals surface area contributed by atoms with Gasteiger partial charge in [0.2, 0.25) is 0 Å². The smallest absolute Gasteiger partial charge is 0.311 e. The van der Waals surface area contributed by atoms with Gasteiger partial charge in [-0.3, -0.25) is 9.59 Å². The fourth-order valence-electron chi connectivity index (χ4n) is 2.12. The zero-order valence-corrected chi connectivity index (χ0v) is 10.4. The lowest BCUT2D eigenvalue weighted by Gasteiger charge is -2.37. The first kappa shape index (κ1) is 14.4. The molecule has 0 spiro atoms. The largest absolute Gasteiger partial charge is 0.481 e. The zero-order chi connectivity index (χ0) is 14.9. The summed E-state index contributed by atoms with van der Waals surface area (Å²) < 4.78 is 39.1. The van der Waals surface area contributed by atoms with Crippen molar-refractivity contribution in [3.63, 3.8) is 0 Å². The molecule has 1 aromatic carbocycles. The minimum absolute atomic E-state index is 0.167. The standard InChI is InChI=1S/C13H12F3NO3/c14-8-3-2-7(9(15)10(8)16)11(18)17-6-13(12(19)20)4-1-5-13/h2-3H,1,4-6H2,(H,17,18)(H,19,20). The van der Waals surface area contributed by atoms with Crippen LogP contribution >= 0.6 is 0 Å². The topological polar surface area (TPSA) is 66.4 Å². The van der Waals surface area contributed by atoms with Gasteiger partial charge >= 0.3 is 5.97 Å². The van der Waals surface area contributed by atoms with Gasteiger partial charge in [0.25, 0.3) is 5.91 Å². The fraction of sp³-hybridized carbons (Fsp3) is 0.385. The Morgan fingerprint density at radius 3 is 2.35 bits per heavy atom. The monoisotopic (exact) mass is 287 g/mol. The van der Waals surface area contributed by atoms with Gasteiger partial charge in [0, 0.05) is 6.54 Å². The molecule has 1 saturated carbocycles. The van der Waals surface area contributed by atoms with Crippen molar-refractivity contribution >= 4 is 11.9 Å². The summed E-state index contributed by atoms with van der Waals surface area (Å²) in [5.74, 6) is -6.70. The first-order valence-electron chi connectivity index (χ1n) is 6.02. The molecule has 0 unspecified atom stereocenters. The Labute approximate surface area is 112 Å². The molecule has 20 heavy (non-hydrogen) atoms. The number of carbonyl (C=O) groups excluding carboxylic acids is 1. The summed E-state index contributed by atoms with van der Waals surface area (Å²) in [6.07, 6.45) is 1.58. The number of hydrogen-bond acceptors (Lipinski definition) is 2. The van der Waals surface area contributed by atoms with Gasteiger partial charge in [-0.15, -0.1) is 0 Å². The van der Waals surface area contributed by atoms with E-state index in [1.807, 2.05) is 0 Å². The van der Waals surface area contributed by atoms with E-state index in [9.17, 15) is 22.8 Å². The number of amides is 1. The van der Waals surface area contributed by atoms with Crippen LogP contribution in [0.4, 0.5) is 13.2 Å². The van der Waals surface area contributed by atoms with Crippen LogP contribution in [0, 0.1) is 22.9 Å². The highest BCUT2D eigenvalue weighted by Crippen LogP contribution is 2.40. The van der Waals surface area contributed by atoms with E-state index in [1.165, 1.54) is 0 Å². The quantitative estimate of drug-likeness (QED) is 0.833. The van der Waals surface area contributed by atoms with Gasteiger partial charge in [-0.1, -0.05) is 6.42 Å². The normalized spacial score (nSPS) is 16.4. The number of hydrogen-bond donors (Lipinski definition) is 2. The van der Waals surface area contributed by atoms with E-state index < -0.39 is 40.3 Å². The Morgan fingerprint density at radius 2 is 1.85 bits per heavy atom. The summed E-state index contributed by atoms with van der Waals surface area (Å²) in [6, 6.07) is 1.46. The van der Waals surface area contributed by atoms with Crippen LogP contribution in [-0.4, -0.2) is 23.5 Å². The molecular formula is C13H12F3NO3. The van der Waals surface area contributed by atoms with Gasteiger partial charge in [-0.25, -0.2) is 13.2 Å². The maximum Gasteiger partial charge on any atom is 0.311 e. The van der Waals surface area contributed by atoms with E-state index in [-0.39, 0.29) is 6.54 Å². The van der Waals surface area contributed by atoms with Crippen LogP contribution in [0.1, 0.15) is 29.6 Å². The third-order valence-corrected chi connectivity index (χ3v) is 3.63. The number of carboxylic acids is 1. The van der Waals surface area contributed by atoms with Crippen LogP contribution in [0.2, 0.25) is 0 Å². The van der Waals surface area contributed by atoms with Gasteiger partial charge in [0.1, 0.15) is 0 Å². The SMILES string of the molecule is O=C(NCC1(C(=O)O)CCC1)c1ccc(F)c(F)c1F. The molecule has 108 valence electrons. The van der Waals surface area contributed by atoms with E-state index in [1.54, 1.807) is 0 Å². The second-order valence-corrected chi connectivity index (χ2v) is 4.84. The predicted molar refractivity (Wildman–Crippen MR) is 62.6 cm³/mol. The first-order chi connectivity index (χ1) is 9.37. The molecule has 0 atom stereocenters. The Balaban J connectivity index is 2.10. The summed E-state index contributed by atoms with van der Waals surface area (Å²) in [7, 11) is 0. The van der Waals surface area contributed by atoms with E-state index in [0.29, 0.717) is 18.9 Å². The maximum atomic E-state index is 13.4. The summed E-state index contributed by atoms with van der Waals surface area (Å²) in [6.45, 7) is -0.167. The molecule has 1 amide bonds. The van der Waals surface area contributed by atoms with E-state index in [0.717, 1.165) is 12.5 Å². The van der Waals surface area contributed by atoms with Gasteiger partial charge in [-0.2, -0.15) is 0 Å². The van der Waals surface area contributed by atoms with Crippen LogP contribution in [0.5, 0.6) is 0 Å². The number of rotatable bonds is 4. The van der Waals surface area contributed by atoms with Crippen LogP contribution in [0.15, 0.2) is 12.1 Å². The predicted octanol–water partition coefficient (Wildman–Crippen LogP) is 2.09. The zero-order valence-electron chi connectivity index (χ0n) is 10.4. The lowest BCUT2D eigenvalue weighted by Crippen LogP contribution is -2.47. The molecule has 1 aromatic rings. The van der Waals surface area contributed by atoms with Gasteiger partial charge in [-0.05, 0) is 25.0 Å². The summed E-state index contributed by atoms with van der Waals surface area (Å²) in [5.41, 5.74) is -1.69. The second-order valence-electron chi connectivity index (χ2n) is 4.84. The molecule has 1 aliphatic carbocycles. The summed E-state index contributed by atoms with van der Waals surface area (Å²) >= 11 is 0. The van der Waals surface area contributed by atoms with Crippen LogP contribution in [-0.2, 0) is 4.79 Å². The molecule has 0 radical (unpaired) electrons. The number of carbonyl (C=O) groups is 2. The van der Waals surface area contributed by atoms with Crippen molar-refractivity contribution in [2.45, 2.75) is 19.3 Å².